The molecule has 0 bridgehead atoms. The van der Waals surface area contributed by atoms with Gasteiger partial charge in [0, 0.05) is 5.69 Å². The van der Waals surface area contributed by atoms with E-state index < -0.39 is 72.1 Å². The maximum atomic E-state index is 13.7. The van der Waals surface area contributed by atoms with Crippen molar-refractivity contribution in [2.24, 2.45) is 0 Å². The maximum Gasteiger partial charge on any atom is 0.460 e. The first-order valence-corrected chi connectivity index (χ1v) is 8.62. The fraction of sp³-hybridized carbons (Fsp3) is 0.625. The standard InChI is InChI=1S/C16H11F17N2O/c17-9(18,3-4-36-8-2-1-6(34)5-7(8)35)10(19,20)11(21,22)12(23,24)13(25,26)14(27,28)15(29,30)16(31,32)33/h1-2,5H,3-4,34-35H2. The van der Waals surface area contributed by atoms with Crippen molar-refractivity contribution in [3.63, 3.8) is 0 Å². The molecule has 0 aliphatic heterocycles. The molecule has 0 aliphatic carbocycles. The molecule has 0 amide bonds. The third-order valence-electron chi connectivity index (χ3n) is 4.49. The molecule has 0 heterocycles. The van der Waals surface area contributed by atoms with Gasteiger partial charge in [-0.1, -0.05) is 0 Å². The van der Waals surface area contributed by atoms with Crippen LogP contribution in [0.3, 0.4) is 0 Å². The van der Waals surface area contributed by atoms with Crippen LogP contribution in [0.4, 0.5) is 86.0 Å². The van der Waals surface area contributed by atoms with Crippen LogP contribution in [-0.4, -0.2) is 54.2 Å². The minimum absolute atomic E-state index is 0.0487. The zero-order valence-corrected chi connectivity index (χ0v) is 16.6. The predicted molar refractivity (Wildman–Crippen MR) is 86.1 cm³/mol. The van der Waals surface area contributed by atoms with Crippen molar-refractivity contribution in [3.05, 3.63) is 18.2 Å². The first-order valence-electron chi connectivity index (χ1n) is 8.62. The Hall–Kier alpha value is -2.57. The van der Waals surface area contributed by atoms with E-state index in [0.717, 1.165) is 18.2 Å². The van der Waals surface area contributed by atoms with Gasteiger partial charge in [0.1, 0.15) is 5.75 Å². The van der Waals surface area contributed by atoms with Crippen LogP contribution in [-0.2, 0) is 0 Å². The topological polar surface area (TPSA) is 61.3 Å². The van der Waals surface area contributed by atoms with Crippen LogP contribution in [0.25, 0.3) is 0 Å². The lowest BCUT2D eigenvalue weighted by Crippen LogP contribution is -2.74. The lowest BCUT2D eigenvalue weighted by molar-refractivity contribution is -0.461. The maximum absolute atomic E-state index is 13.7. The zero-order valence-electron chi connectivity index (χ0n) is 16.6. The van der Waals surface area contributed by atoms with Gasteiger partial charge in [-0.3, -0.25) is 0 Å². The van der Waals surface area contributed by atoms with E-state index in [4.69, 9.17) is 11.5 Å². The van der Waals surface area contributed by atoms with Gasteiger partial charge in [-0.15, -0.1) is 0 Å². The molecule has 0 atom stereocenters. The number of anilines is 2. The molecule has 0 saturated heterocycles. The molecule has 36 heavy (non-hydrogen) atoms. The van der Waals surface area contributed by atoms with Gasteiger partial charge in [0.05, 0.1) is 18.7 Å². The Balaban J connectivity index is 3.36. The number of benzene rings is 1. The number of hydrogen-bond donors (Lipinski definition) is 2. The number of ether oxygens (including phenoxy) is 1. The predicted octanol–water partition coefficient (Wildman–Crippen LogP) is 6.63. The van der Waals surface area contributed by atoms with Gasteiger partial charge < -0.3 is 16.2 Å². The fourth-order valence-electron chi connectivity index (χ4n) is 2.34. The molecule has 4 N–H and O–H groups in total. The highest BCUT2D eigenvalue weighted by Crippen LogP contribution is 2.64. The van der Waals surface area contributed by atoms with Gasteiger partial charge >= 0.3 is 47.6 Å². The molecular formula is C16H11F17N2O. The normalized spacial score (nSPS) is 15.2. The van der Waals surface area contributed by atoms with Crippen LogP contribution in [0.2, 0.25) is 0 Å². The zero-order chi connectivity index (χ0) is 29.0. The molecule has 1 aromatic carbocycles. The van der Waals surface area contributed by atoms with Crippen molar-refractivity contribution in [2.45, 2.75) is 54.1 Å². The van der Waals surface area contributed by atoms with Crippen LogP contribution in [0.1, 0.15) is 6.42 Å². The molecule has 1 rings (SSSR count). The Kier molecular flexibility index (Phi) is 7.67. The summed E-state index contributed by atoms with van der Waals surface area (Å²) >= 11 is 0. The number of halogens is 17. The highest BCUT2D eigenvalue weighted by Gasteiger charge is 2.95. The Labute approximate surface area is 188 Å². The summed E-state index contributed by atoms with van der Waals surface area (Å²) in [4.78, 5) is 0. The summed E-state index contributed by atoms with van der Waals surface area (Å²) in [5, 5.41) is 0. The minimum Gasteiger partial charge on any atom is -0.491 e. The summed E-state index contributed by atoms with van der Waals surface area (Å²) in [5.74, 6) is -57.2. The van der Waals surface area contributed by atoms with E-state index in [1.807, 2.05) is 0 Å². The van der Waals surface area contributed by atoms with Crippen molar-refractivity contribution in [3.8, 4) is 5.75 Å². The molecule has 0 radical (unpaired) electrons. The monoisotopic (exact) mass is 570 g/mol. The number of nitrogen functional groups attached to an aromatic ring is 2. The summed E-state index contributed by atoms with van der Waals surface area (Å²) < 4.78 is 228. The SMILES string of the molecule is Nc1ccc(OCCC(F)(F)C(F)(F)C(F)(F)C(F)(F)C(F)(F)C(F)(F)C(F)(F)C(F)(F)F)c(N)c1. The molecule has 0 aliphatic rings. The fourth-order valence-corrected chi connectivity index (χ4v) is 2.34. The second kappa shape index (κ2) is 8.77. The van der Waals surface area contributed by atoms with E-state index in [9.17, 15) is 74.6 Å². The van der Waals surface area contributed by atoms with Gasteiger partial charge in [-0.25, -0.2) is 0 Å². The van der Waals surface area contributed by atoms with E-state index in [0.29, 0.717) is 0 Å². The summed E-state index contributed by atoms with van der Waals surface area (Å²) in [7, 11) is 0. The Bertz CT molecular complexity index is 941. The number of nitrogens with two attached hydrogens (primary N) is 2. The molecule has 0 fully saturated rings. The highest BCUT2D eigenvalue weighted by atomic mass is 19.4. The largest absolute Gasteiger partial charge is 0.491 e. The van der Waals surface area contributed by atoms with Crippen molar-refractivity contribution >= 4 is 11.4 Å². The average Bonchev–Trinajstić information content (AvgIpc) is 2.67. The lowest BCUT2D eigenvalue weighted by Gasteiger charge is -2.42. The van der Waals surface area contributed by atoms with E-state index in [-0.39, 0.29) is 5.69 Å². The number of alkyl halides is 17. The van der Waals surface area contributed by atoms with Crippen LogP contribution in [0, 0.1) is 0 Å². The van der Waals surface area contributed by atoms with Gasteiger partial charge in [0.2, 0.25) is 0 Å². The van der Waals surface area contributed by atoms with Crippen molar-refractivity contribution in [1.29, 1.82) is 0 Å². The number of hydrogen-bond acceptors (Lipinski definition) is 3. The van der Waals surface area contributed by atoms with Gasteiger partial charge in [-0.2, -0.15) is 74.6 Å². The average molecular weight is 570 g/mol. The van der Waals surface area contributed by atoms with Crippen molar-refractivity contribution in [1.82, 2.24) is 0 Å². The molecule has 0 aromatic heterocycles. The van der Waals surface area contributed by atoms with Gasteiger partial charge in [0.25, 0.3) is 0 Å². The second-order valence-electron chi connectivity index (χ2n) is 7.04. The summed E-state index contributed by atoms with van der Waals surface area (Å²) in [5.41, 5.74) is 10.0. The first-order chi connectivity index (χ1) is 15.6. The lowest BCUT2D eigenvalue weighted by atomic mass is 9.88. The van der Waals surface area contributed by atoms with Crippen LogP contribution < -0.4 is 16.2 Å². The van der Waals surface area contributed by atoms with E-state index in [1.165, 1.54) is 0 Å². The molecule has 210 valence electrons. The third-order valence-corrected chi connectivity index (χ3v) is 4.49. The molecule has 0 spiro atoms. The quantitative estimate of drug-likeness (QED) is 0.245. The smallest absolute Gasteiger partial charge is 0.460 e. The van der Waals surface area contributed by atoms with Gasteiger partial charge in [-0.05, 0) is 18.2 Å². The first kappa shape index (κ1) is 31.5. The Morgan fingerprint density at radius 1 is 0.556 bits per heavy atom. The van der Waals surface area contributed by atoms with Gasteiger partial charge in [0.15, 0.2) is 0 Å². The van der Waals surface area contributed by atoms with E-state index >= 15 is 0 Å². The van der Waals surface area contributed by atoms with E-state index in [2.05, 4.69) is 4.74 Å². The summed E-state index contributed by atoms with van der Waals surface area (Å²) in [6.07, 6.45) is -10.5. The second-order valence-corrected chi connectivity index (χ2v) is 7.04. The molecule has 0 unspecified atom stereocenters. The van der Waals surface area contributed by atoms with Crippen molar-refractivity contribution in [2.75, 3.05) is 18.1 Å². The van der Waals surface area contributed by atoms with Crippen LogP contribution >= 0.6 is 0 Å². The molecule has 1 aromatic rings. The van der Waals surface area contributed by atoms with Crippen LogP contribution in [0.15, 0.2) is 18.2 Å². The molecule has 0 saturated carbocycles. The van der Waals surface area contributed by atoms with Crippen molar-refractivity contribution < 1.29 is 79.4 Å². The number of rotatable bonds is 10. The summed E-state index contributed by atoms with van der Waals surface area (Å²) in [6, 6.07) is 2.73. The Morgan fingerprint density at radius 2 is 0.944 bits per heavy atom. The molecular weight excluding hydrogens is 559 g/mol. The Morgan fingerprint density at radius 3 is 1.33 bits per heavy atom. The van der Waals surface area contributed by atoms with E-state index in [1.54, 1.807) is 0 Å². The minimum atomic E-state index is -8.66. The summed E-state index contributed by atoms with van der Waals surface area (Å²) in [6.45, 7) is -1.79. The molecule has 3 nitrogen and oxygen atoms in total. The third kappa shape index (κ3) is 4.50. The molecule has 20 heteroatoms. The van der Waals surface area contributed by atoms with Crippen LogP contribution in [0.5, 0.6) is 5.75 Å². The highest BCUT2D eigenvalue weighted by molar-refractivity contribution is 5.60.